The van der Waals surface area contributed by atoms with Crippen LogP contribution >= 0.6 is 0 Å². The van der Waals surface area contributed by atoms with Gasteiger partial charge in [-0.1, -0.05) is 36.4 Å². The van der Waals surface area contributed by atoms with Crippen molar-refractivity contribution in [2.45, 2.75) is 51.7 Å². The number of benzene rings is 2. The summed E-state index contributed by atoms with van der Waals surface area (Å²) in [6.07, 6.45) is 3.51. The normalized spacial score (nSPS) is 15.8. The van der Waals surface area contributed by atoms with Gasteiger partial charge >= 0.3 is 0 Å². The third-order valence-electron chi connectivity index (χ3n) is 6.01. The van der Waals surface area contributed by atoms with Crippen molar-refractivity contribution in [2.24, 2.45) is 0 Å². The fraction of sp³-hybridized carbons (Fsp3) is 0.320. The van der Waals surface area contributed by atoms with Gasteiger partial charge in [0.2, 0.25) is 5.95 Å². The SMILES string of the molecule is CC(C)(C)n1ncc2c(=O)n(Cc3ccc(F)cc3)c(N[C@H]3CCc4ccccc43)nc21. The molecule has 6 nitrogen and oxygen atoms in total. The van der Waals surface area contributed by atoms with E-state index in [9.17, 15) is 9.18 Å². The van der Waals surface area contributed by atoms with Crippen LogP contribution in [0, 0.1) is 5.82 Å². The Hall–Kier alpha value is -3.48. The highest BCUT2D eigenvalue weighted by atomic mass is 19.1. The summed E-state index contributed by atoms with van der Waals surface area (Å²) in [5.41, 5.74) is 3.46. The third kappa shape index (κ3) is 3.57. The van der Waals surface area contributed by atoms with Crippen LogP contribution in [-0.4, -0.2) is 19.3 Å². The first-order valence-corrected chi connectivity index (χ1v) is 10.9. The molecule has 1 aliphatic rings. The first-order valence-electron chi connectivity index (χ1n) is 10.9. The van der Waals surface area contributed by atoms with Crippen molar-refractivity contribution in [3.63, 3.8) is 0 Å². The molecule has 0 radical (unpaired) electrons. The molecule has 1 N–H and O–H groups in total. The van der Waals surface area contributed by atoms with Gasteiger partial charge in [-0.05, 0) is 62.4 Å². The molecular weight excluding hydrogens is 405 g/mol. The summed E-state index contributed by atoms with van der Waals surface area (Å²) in [6.45, 7) is 6.39. The molecule has 2 aromatic carbocycles. The first kappa shape index (κ1) is 20.4. The molecule has 0 spiro atoms. The first-order chi connectivity index (χ1) is 15.3. The minimum Gasteiger partial charge on any atom is -0.349 e. The van der Waals surface area contributed by atoms with E-state index in [1.807, 2.05) is 26.8 Å². The average Bonchev–Trinajstić information content (AvgIpc) is 3.37. The molecule has 0 amide bonds. The molecule has 1 aliphatic carbocycles. The number of aryl methyl sites for hydroxylation is 1. The number of halogens is 1. The summed E-state index contributed by atoms with van der Waals surface area (Å²) >= 11 is 0. The van der Waals surface area contributed by atoms with Gasteiger partial charge in [-0.2, -0.15) is 10.1 Å². The van der Waals surface area contributed by atoms with Gasteiger partial charge in [-0.15, -0.1) is 0 Å². The molecule has 0 unspecified atom stereocenters. The Labute approximate surface area is 185 Å². The van der Waals surface area contributed by atoms with E-state index in [0.29, 0.717) is 23.5 Å². The lowest BCUT2D eigenvalue weighted by Gasteiger charge is -2.22. The summed E-state index contributed by atoms with van der Waals surface area (Å²) in [5, 5.41) is 8.47. The summed E-state index contributed by atoms with van der Waals surface area (Å²) in [7, 11) is 0. The molecule has 0 saturated heterocycles. The van der Waals surface area contributed by atoms with Crippen molar-refractivity contribution in [1.82, 2.24) is 19.3 Å². The van der Waals surface area contributed by atoms with E-state index in [0.717, 1.165) is 18.4 Å². The van der Waals surface area contributed by atoms with E-state index in [1.165, 1.54) is 23.3 Å². The predicted octanol–water partition coefficient (Wildman–Crippen LogP) is 4.63. The van der Waals surface area contributed by atoms with Gasteiger partial charge in [0.25, 0.3) is 5.56 Å². The third-order valence-corrected chi connectivity index (χ3v) is 6.01. The molecular formula is C25H26FN5O. The number of fused-ring (bicyclic) bond motifs is 2. The molecule has 164 valence electrons. The number of nitrogens with zero attached hydrogens (tertiary/aromatic N) is 4. The van der Waals surface area contributed by atoms with Crippen molar-refractivity contribution >= 4 is 17.0 Å². The second kappa shape index (κ2) is 7.58. The number of hydrogen-bond acceptors (Lipinski definition) is 4. The highest BCUT2D eigenvalue weighted by molar-refractivity contribution is 5.75. The zero-order chi connectivity index (χ0) is 22.5. The van der Waals surface area contributed by atoms with Crippen molar-refractivity contribution < 1.29 is 4.39 Å². The molecule has 1 atom stereocenters. The molecule has 4 aromatic rings. The van der Waals surface area contributed by atoms with Gasteiger partial charge in [0, 0.05) is 0 Å². The van der Waals surface area contributed by atoms with Crippen LogP contribution in [0.3, 0.4) is 0 Å². The number of rotatable bonds is 4. The highest BCUT2D eigenvalue weighted by Crippen LogP contribution is 2.33. The molecule has 5 rings (SSSR count). The van der Waals surface area contributed by atoms with Gasteiger partial charge in [-0.3, -0.25) is 9.36 Å². The number of anilines is 1. The van der Waals surface area contributed by atoms with Gasteiger partial charge in [0.05, 0.1) is 24.3 Å². The van der Waals surface area contributed by atoms with Gasteiger partial charge in [0.15, 0.2) is 5.65 Å². The van der Waals surface area contributed by atoms with Crippen LogP contribution in [0.1, 0.15) is 49.9 Å². The molecule has 0 fully saturated rings. The van der Waals surface area contributed by atoms with Crippen LogP contribution < -0.4 is 10.9 Å². The van der Waals surface area contributed by atoms with E-state index < -0.39 is 0 Å². The van der Waals surface area contributed by atoms with Crippen LogP contribution in [0.5, 0.6) is 0 Å². The smallest absolute Gasteiger partial charge is 0.266 e. The van der Waals surface area contributed by atoms with Crippen LogP contribution in [-0.2, 0) is 18.5 Å². The maximum Gasteiger partial charge on any atom is 0.266 e. The maximum absolute atomic E-state index is 13.5. The summed E-state index contributed by atoms with van der Waals surface area (Å²) in [5.74, 6) is 0.196. The standard InChI is InChI=1S/C25H26FN5O/c1-25(2,3)31-22-20(14-27-31)23(32)30(15-16-8-11-18(26)12-9-16)24(29-22)28-21-13-10-17-6-4-5-7-19(17)21/h4-9,11-12,14,21H,10,13,15H2,1-3H3,(H,28,29)/t21-/m0/s1. The lowest BCUT2D eigenvalue weighted by atomic mass is 10.1. The van der Waals surface area contributed by atoms with E-state index in [4.69, 9.17) is 4.98 Å². The Morgan fingerprint density at radius 3 is 2.62 bits per heavy atom. The van der Waals surface area contributed by atoms with E-state index in [-0.39, 0.29) is 23.0 Å². The predicted molar refractivity (Wildman–Crippen MR) is 123 cm³/mol. The van der Waals surface area contributed by atoms with Crippen LogP contribution in [0.25, 0.3) is 11.0 Å². The summed E-state index contributed by atoms with van der Waals surface area (Å²) in [6, 6.07) is 14.6. The fourth-order valence-electron chi connectivity index (χ4n) is 4.39. The Kier molecular flexibility index (Phi) is 4.84. The summed E-state index contributed by atoms with van der Waals surface area (Å²) in [4.78, 5) is 18.4. The second-order valence-electron chi connectivity index (χ2n) is 9.35. The quantitative estimate of drug-likeness (QED) is 0.512. The van der Waals surface area contributed by atoms with E-state index >= 15 is 0 Å². The van der Waals surface area contributed by atoms with Crippen molar-refractivity contribution in [1.29, 1.82) is 0 Å². The summed E-state index contributed by atoms with van der Waals surface area (Å²) < 4.78 is 16.8. The molecule has 0 aliphatic heterocycles. The average molecular weight is 432 g/mol. The second-order valence-corrected chi connectivity index (χ2v) is 9.35. The largest absolute Gasteiger partial charge is 0.349 e. The van der Waals surface area contributed by atoms with E-state index in [2.05, 4.69) is 28.6 Å². The Morgan fingerprint density at radius 2 is 1.88 bits per heavy atom. The number of aromatic nitrogens is 4. The Morgan fingerprint density at radius 1 is 1.12 bits per heavy atom. The van der Waals surface area contributed by atoms with Gasteiger partial charge in [-0.25, -0.2) is 9.07 Å². The molecule has 32 heavy (non-hydrogen) atoms. The maximum atomic E-state index is 13.5. The van der Waals surface area contributed by atoms with Gasteiger partial charge < -0.3 is 5.32 Å². The topological polar surface area (TPSA) is 64.7 Å². The van der Waals surface area contributed by atoms with Crippen molar-refractivity contribution in [3.05, 3.63) is 87.6 Å². The van der Waals surface area contributed by atoms with Crippen LogP contribution in [0.4, 0.5) is 10.3 Å². The van der Waals surface area contributed by atoms with Crippen LogP contribution in [0.2, 0.25) is 0 Å². The minimum atomic E-state index is -0.318. The Balaban J connectivity index is 1.64. The Bertz CT molecular complexity index is 1350. The molecule has 0 bridgehead atoms. The zero-order valence-electron chi connectivity index (χ0n) is 18.5. The lowest BCUT2D eigenvalue weighted by molar-refractivity contribution is 0.366. The molecule has 0 saturated carbocycles. The minimum absolute atomic E-state index is 0.0704. The zero-order valence-corrected chi connectivity index (χ0v) is 18.5. The molecule has 2 heterocycles. The highest BCUT2D eigenvalue weighted by Gasteiger charge is 2.26. The number of nitrogens with one attached hydrogen (secondary N) is 1. The van der Waals surface area contributed by atoms with Crippen molar-refractivity contribution in [2.75, 3.05) is 5.32 Å². The van der Waals surface area contributed by atoms with E-state index in [1.54, 1.807) is 27.6 Å². The lowest BCUT2D eigenvalue weighted by Crippen LogP contribution is -2.28. The molecule has 7 heteroatoms. The monoisotopic (exact) mass is 431 g/mol. The van der Waals surface area contributed by atoms with Gasteiger partial charge in [0.1, 0.15) is 11.2 Å². The number of hydrogen-bond donors (Lipinski definition) is 1. The molecule has 2 aromatic heterocycles. The fourth-order valence-corrected chi connectivity index (χ4v) is 4.39. The van der Waals surface area contributed by atoms with Crippen LogP contribution in [0.15, 0.2) is 59.5 Å². The van der Waals surface area contributed by atoms with Crippen molar-refractivity contribution in [3.8, 4) is 0 Å².